The molecule has 0 spiro atoms. The van der Waals surface area contributed by atoms with Crippen LogP contribution in [-0.2, 0) is 15.8 Å². The summed E-state index contributed by atoms with van der Waals surface area (Å²) in [7, 11) is 0. The molecule has 1 aromatic heterocycles. The monoisotopic (exact) mass is 620 g/mol. The van der Waals surface area contributed by atoms with Crippen molar-refractivity contribution in [2.75, 3.05) is 4.90 Å². The van der Waals surface area contributed by atoms with E-state index < -0.39 is 41.1 Å². The molecular weight excluding hydrogens is 597 g/mol. The van der Waals surface area contributed by atoms with Crippen molar-refractivity contribution in [1.82, 2.24) is 4.98 Å². The van der Waals surface area contributed by atoms with Crippen molar-refractivity contribution < 1.29 is 27.5 Å². The van der Waals surface area contributed by atoms with Gasteiger partial charge in [-0.2, -0.15) is 13.2 Å². The number of fused-ring (bicyclic) bond motifs is 9. The number of carbonyl (C=O) groups is 2. The fraction of sp³-hybridized carbons (Fsp3) is 0.281. The summed E-state index contributed by atoms with van der Waals surface area (Å²) in [5, 5.41) is 0.679. The SMILES string of the molecule is O=C1C2C3CC(C2C(=O)N1c1ccccc1C(F)(F)F)C1C3Sc2[nH]c(=O)sc2[C@@H]1c1cccc(Oc2ccccc2)c1. The summed E-state index contributed by atoms with van der Waals surface area (Å²) in [6, 6.07) is 21.9. The Bertz CT molecular complexity index is 1840. The number of thiazole rings is 1. The van der Waals surface area contributed by atoms with Crippen LogP contribution in [0.1, 0.15) is 28.3 Å². The molecule has 4 aromatic rings. The number of alkyl halides is 3. The molecule has 3 aromatic carbocycles. The van der Waals surface area contributed by atoms with Gasteiger partial charge < -0.3 is 9.72 Å². The lowest BCUT2D eigenvalue weighted by Gasteiger charge is -2.43. The second-order valence-electron chi connectivity index (χ2n) is 11.5. The maximum absolute atomic E-state index is 13.9. The number of rotatable bonds is 4. The highest BCUT2D eigenvalue weighted by Gasteiger charge is 2.70. The maximum Gasteiger partial charge on any atom is 0.418 e. The summed E-state index contributed by atoms with van der Waals surface area (Å²) in [4.78, 5) is 44.8. The third-order valence-electron chi connectivity index (χ3n) is 9.37. The molecule has 8 rings (SSSR count). The number of aromatic amines is 1. The zero-order valence-electron chi connectivity index (χ0n) is 22.3. The van der Waals surface area contributed by atoms with Crippen molar-refractivity contribution in [3.8, 4) is 11.5 Å². The van der Waals surface area contributed by atoms with E-state index in [1.807, 2.05) is 54.6 Å². The van der Waals surface area contributed by atoms with Crippen molar-refractivity contribution in [1.29, 1.82) is 0 Å². The largest absolute Gasteiger partial charge is 0.457 e. The van der Waals surface area contributed by atoms with Crippen molar-refractivity contribution in [3.05, 3.63) is 105 Å². The van der Waals surface area contributed by atoms with E-state index in [4.69, 9.17) is 4.74 Å². The molecule has 0 radical (unpaired) electrons. The third-order valence-corrected chi connectivity index (χ3v) is 12.0. The van der Waals surface area contributed by atoms with Crippen molar-refractivity contribution in [3.63, 3.8) is 0 Å². The number of amides is 2. The maximum atomic E-state index is 13.9. The first-order valence-corrected chi connectivity index (χ1v) is 15.7. The second-order valence-corrected chi connectivity index (χ2v) is 13.7. The fourth-order valence-electron chi connectivity index (χ4n) is 7.93. The minimum Gasteiger partial charge on any atom is -0.457 e. The number of nitrogens with one attached hydrogen (secondary N) is 1. The van der Waals surface area contributed by atoms with Gasteiger partial charge in [0.25, 0.3) is 0 Å². The number of carbonyl (C=O) groups excluding carboxylic acids is 2. The summed E-state index contributed by atoms with van der Waals surface area (Å²) in [5.74, 6) is -1.94. The summed E-state index contributed by atoms with van der Waals surface area (Å²) in [5.41, 5.74) is -0.468. The van der Waals surface area contributed by atoms with Gasteiger partial charge in [-0.15, -0.1) is 11.8 Å². The number of H-pyrrole nitrogens is 1. The molecule has 2 amide bonds. The molecule has 1 N–H and O–H groups in total. The van der Waals surface area contributed by atoms with Gasteiger partial charge in [0.15, 0.2) is 0 Å². The number of aromatic nitrogens is 1. The van der Waals surface area contributed by atoms with Crippen LogP contribution in [0.3, 0.4) is 0 Å². The number of halogens is 3. The van der Waals surface area contributed by atoms with Crippen LogP contribution < -0.4 is 14.5 Å². The number of hydrogen-bond donors (Lipinski definition) is 1. The van der Waals surface area contributed by atoms with E-state index in [-0.39, 0.29) is 33.8 Å². The molecule has 2 bridgehead atoms. The Morgan fingerprint density at radius 1 is 0.837 bits per heavy atom. The predicted octanol–water partition coefficient (Wildman–Crippen LogP) is 6.93. The molecule has 11 heteroatoms. The molecule has 43 heavy (non-hydrogen) atoms. The Morgan fingerprint density at radius 3 is 2.30 bits per heavy atom. The number of imide groups is 1. The van der Waals surface area contributed by atoms with Crippen LogP contribution in [0, 0.1) is 29.6 Å². The van der Waals surface area contributed by atoms with Gasteiger partial charge in [-0.1, -0.05) is 53.8 Å². The lowest BCUT2D eigenvalue weighted by atomic mass is 9.68. The molecule has 4 aliphatic rings. The Hall–Kier alpha value is -3.83. The van der Waals surface area contributed by atoms with Crippen LogP contribution in [0.2, 0.25) is 0 Å². The average molecular weight is 621 g/mol. The van der Waals surface area contributed by atoms with Gasteiger partial charge in [-0.3, -0.25) is 14.4 Å². The zero-order valence-corrected chi connectivity index (χ0v) is 23.9. The molecule has 3 fully saturated rings. The number of thioether (sulfide) groups is 1. The molecule has 6 nitrogen and oxygen atoms in total. The zero-order chi connectivity index (χ0) is 29.6. The van der Waals surface area contributed by atoms with E-state index in [9.17, 15) is 27.6 Å². The smallest absolute Gasteiger partial charge is 0.418 e. The van der Waals surface area contributed by atoms with E-state index in [1.54, 1.807) is 0 Å². The van der Waals surface area contributed by atoms with Gasteiger partial charge in [0.1, 0.15) is 11.5 Å². The summed E-state index contributed by atoms with van der Waals surface area (Å²) < 4.78 is 47.9. The quantitative estimate of drug-likeness (QED) is 0.251. The first-order valence-electron chi connectivity index (χ1n) is 14.0. The van der Waals surface area contributed by atoms with E-state index in [0.29, 0.717) is 17.9 Å². The Kier molecular flexibility index (Phi) is 5.97. The topological polar surface area (TPSA) is 79.5 Å². The minimum absolute atomic E-state index is 0.0812. The van der Waals surface area contributed by atoms with Crippen molar-refractivity contribution in [2.24, 2.45) is 29.6 Å². The van der Waals surface area contributed by atoms with Crippen LogP contribution in [0.15, 0.2) is 88.7 Å². The van der Waals surface area contributed by atoms with Crippen LogP contribution in [-0.4, -0.2) is 22.0 Å². The highest BCUT2D eigenvalue weighted by molar-refractivity contribution is 8.00. The fourth-order valence-corrected chi connectivity index (χ4v) is 10.8. The minimum atomic E-state index is -4.71. The molecule has 3 heterocycles. The van der Waals surface area contributed by atoms with Crippen LogP contribution >= 0.6 is 23.1 Å². The van der Waals surface area contributed by atoms with Gasteiger partial charge in [-0.25, -0.2) is 4.90 Å². The lowest BCUT2D eigenvalue weighted by molar-refractivity contribution is -0.137. The number of para-hydroxylation sites is 2. The first-order chi connectivity index (χ1) is 20.7. The van der Waals surface area contributed by atoms with Crippen molar-refractivity contribution >= 4 is 40.6 Å². The van der Waals surface area contributed by atoms with Crippen LogP contribution in [0.4, 0.5) is 18.9 Å². The van der Waals surface area contributed by atoms with Crippen molar-refractivity contribution in [2.45, 2.75) is 28.8 Å². The predicted molar refractivity (Wildman–Crippen MR) is 155 cm³/mol. The molecule has 1 saturated heterocycles. The van der Waals surface area contributed by atoms with E-state index in [2.05, 4.69) is 4.98 Å². The Labute approximate surface area is 251 Å². The van der Waals surface area contributed by atoms with Gasteiger partial charge in [-0.05, 0) is 66.1 Å². The summed E-state index contributed by atoms with van der Waals surface area (Å²) in [6.07, 6.45) is -4.07. The van der Waals surface area contributed by atoms with Gasteiger partial charge in [0.2, 0.25) is 11.8 Å². The van der Waals surface area contributed by atoms with Gasteiger partial charge >= 0.3 is 11.0 Å². The van der Waals surface area contributed by atoms with E-state index in [0.717, 1.165) is 37.8 Å². The highest BCUT2D eigenvalue weighted by Crippen LogP contribution is 2.69. The summed E-state index contributed by atoms with van der Waals surface area (Å²) >= 11 is 2.68. The molecular formula is C32H23F3N2O4S2. The number of ether oxygens (including phenoxy) is 1. The molecule has 6 unspecified atom stereocenters. The Morgan fingerprint density at radius 2 is 1.53 bits per heavy atom. The standard InChI is InChI=1S/C32H23F3N2O4S2/c33-32(34,35)20-11-4-5-12-21(20)37-29(38)24-18-14-19(25(24)30(37)39)26-23(18)22(27-28(42-26)36-31(40)43-27)15-7-6-10-17(13-15)41-16-8-2-1-3-9-16/h1-13,18-19,22-26H,14H2,(H,36,40)/t18?,19?,22-,23?,24?,25?,26?/m1/s1. The van der Waals surface area contributed by atoms with Crippen LogP contribution in [0.5, 0.6) is 11.5 Å². The lowest BCUT2D eigenvalue weighted by Crippen LogP contribution is -2.42. The van der Waals surface area contributed by atoms with E-state index in [1.165, 1.54) is 30.0 Å². The third kappa shape index (κ3) is 4.04. The normalized spacial score (nSPS) is 29.0. The first kappa shape index (κ1) is 26.8. The molecule has 218 valence electrons. The van der Waals surface area contributed by atoms with Crippen LogP contribution in [0.25, 0.3) is 0 Å². The Balaban J connectivity index is 1.19. The average Bonchev–Trinajstić information content (AvgIpc) is 3.72. The van der Waals surface area contributed by atoms with Gasteiger partial charge in [0, 0.05) is 16.0 Å². The number of anilines is 1. The molecule has 2 aliphatic heterocycles. The molecule has 7 atom stereocenters. The number of nitrogens with zero attached hydrogens (tertiary/aromatic N) is 1. The second kappa shape index (κ2) is 9.59. The molecule has 2 saturated carbocycles. The van der Waals surface area contributed by atoms with E-state index >= 15 is 0 Å². The number of hydrogen-bond acceptors (Lipinski definition) is 6. The van der Waals surface area contributed by atoms with Gasteiger partial charge in [0.05, 0.1) is 28.1 Å². The molecule has 2 aliphatic carbocycles. The highest BCUT2D eigenvalue weighted by atomic mass is 32.2. The number of benzene rings is 3. The summed E-state index contributed by atoms with van der Waals surface area (Å²) in [6.45, 7) is 0.